The van der Waals surface area contributed by atoms with E-state index in [1.54, 1.807) is 7.11 Å². The van der Waals surface area contributed by atoms with Gasteiger partial charge in [-0.25, -0.2) is 0 Å². The molecular formula is C19H27N3OS. The number of nitrogens with zero attached hydrogens (tertiary/aromatic N) is 1. The monoisotopic (exact) mass is 345 g/mol. The Morgan fingerprint density at radius 1 is 1.21 bits per heavy atom. The first-order valence-electron chi connectivity index (χ1n) is 8.31. The molecule has 0 radical (unpaired) electrons. The van der Waals surface area contributed by atoms with Crippen LogP contribution in [0.4, 0.5) is 0 Å². The number of ether oxygens (including phenoxy) is 1. The summed E-state index contributed by atoms with van der Waals surface area (Å²) in [7, 11) is 3.52. The van der Waals surface area contributed by atoms with Gasteiger partial charge in [0, 0.05) is 25.0 Å². The van der Waals surface area contributed by atoms with E-state index in [1.807, 2.05) is 36.6 Å². The topological polar surface area (TPSA) is 45.7 Å². The van der Waals surface area contributed by atoms with Crippen LogP contribution < -0.4 is 15.4 Å². The summed E-state index contributed by atoms with van der Waals surface area (Å²) in [6.07, 6.45) is 2.00. The maximum atomic E-state index is 5.39. The Balaban J connectivity index is 1.72. The van der Waals surface area contributed by atoms with E-state index in [0.717, 1.165) is 37.6 Å². The fourth-order valence-corrected chi connectivity index (χ4v) is 3.43. The molecule has 1 heterocycles. The highest BCUT2D eigenvalue weighted by atomic mass is 32.1. The fourth-order valence-electron chi connectivity index (χ4n) is 2.56. The molecule has 0 fully saturated rings. The van der Waals surface area contributed by atoms with Crippen LogP contribution in [0, 0.1) is 5.92 Å². The van der Waals surface area contributed by atoms with Crippen molar-refractivity contribution < 1.29 is 4.74 Å². The predicted molar refractivity (Wildman–Crippen MR) is 103 cm³/mol. The Bertz CT molecular complexity index is 625. The van der Waals surface area contributed by atoms with E-state index in [2.05, 4.69) is 46.1 Å². The van der Waals surface area contributed by atoms with Gasteiger partial charge in [0.1, 0.15) is 5.75 Å². The van der Waals surface area contributed by atoms with E-state index in [9.17, 15) is 0 Å². The van der Waals surface area contributed by atoms with Gasteiger partial charge in [-0.05, 0) is 41.8 Å². The summed E-state index contributed by atoms with van der Waals surface area (Å²) in [6.45, 7) is 3.99. The van der Waals surface area contributed by atoms with Gasteiger partial charge in [0.2, 0.25) is 0 Å². The van der Waals surface area contributed by atoms with Gasteiger partial charge in [0.05, 0.1) is 7.11 Å². The zero-order valence-corrected chi connectivity index (χ0v) is 15.5. The summed E-state index contributed by atoms with van der Waals surface area (Å²) in [5.41, 5.74) is 1.20. The molecule has 0 spiro atoms. The SMILES string of the molecule is CN=C(NCCc1ccccc1OC)NCC(C)Cc1cccs1. The molecule has 1 atom stereocenters. The van der Waals surface area contributed by atoms with Gasteiger partial charge in [0.15, 0.2) is 5.96 Å². The van der Waals surface area contributed by atoms with Crippen LogP contribution in [0.15, 0.2) is 46.8 Å². The first-order chi connectivity index (χ1) is 11.7. The molecule has 0 aliphatic rings. The molecule has 0 aliphatic heterocycles. The Morgan fingerprint density at radius 3 is 2.75 bits per heavy atom. The molecule has 0 amide bonds. The summed E-state index contributed by atoms with van der Waals surface area (Å²) >= 11 is 1.82. The molecule has 130 valence electrons. The van der Waals surface area contributed by atoms with Crippen LogP contribution >= 0.6 is 11.3 Å². The Hall–Kier alpha value is -2.01. The molecule has 2 rings (SSSR count). The third kappa shape index (κ3) is 5.89. The highest BCUT2D eigenvalue weighted by Gasteiger charge is 2.06. The van der Waals surface area contributed by atoms with E-state index < -0.39 is 0 Å². The van der Waals surface area contributed by atoms with E-state index >= 15 is 0 Å². The molecule has 2 aromatic rings. The van der Waals surface area contributed by atoms with Crippen molar-refractivity contribution >= 4 is 17.3 Å². The fraction of sp³-hybridized carbons (Fsp3) is 0.421. The quantitative estimate of drug-likeness (QED) is 0.570. The van der Waals surface area contributed by atoms with Crippen molar-refractivity contribution in [1.82, 2.24) is 10.6 Å². The lowest BCUT2D eigenvalue weighted by Crippen LogP contribution is -2.40. The van der Waals surface area contributed by atoms with Crippen LogP contribution in [0.5, 0.6) is 5.75 Å². The minimum absolute atomic E-state index is 0.566. The average molecular weight is 346 g/mol. The molecule has 0 aliphatic carbocycles. The van der Waals surface area contributed by atoms with Crippen molar-refractivity contribution in [2.75, 3.05) is 27.2 Å². The highest BCUT2D eigenvalue weighted by molar-refractivity contribution is 7.09. The van der Waals surface area contributed by atoms with Crippen molar-refractivity contribution in [2.45, 2.75) is 19.8 Å². The molecule has 1 unspecified atom stereocenters. The van der Waals surface area contributed by atoms with E-state index in [4.69, 9.17) is 4.74 Å². The molecule has 1 aromatic heterocycles. The molecule has 5 heteroatoms. The molecule has 0 saturated heterocycles. The van der Waals surface area contributed by atoms with Crippen LogP contribution in [0.2, 0.25) is 0 Å². The molecular weight excluding hydrogens is 318 g/mol. The number of nitrogens with one attached hydrogen (secondary N) is 2. The number of thiophene rings is 1. The summed E-state index contributed by atoms with van der Waals surface area (Å²) in [5, 5.41) is 8.91. The third-order valence-corrected chi connectivity index (χ3v) is 4.75. The second-order valence-corrected chi connectivity index (χ2v) is 6.86. The molecule has 0 bridgehead atoms. The zero-order valence-electron chi connectivity index (χ0n) is 14.7. The highest BCUT2D eigenvalue weighted by Crippen LogP contribution is 2.17. The Labute approximate surface area is 149 Å². The molecule has 0 saturated carbocycles. The average Bonchev–Trinajstić information content (AvgIpc) is 3.11. The summed E-state index contributed by atoms with van der Waals surface area (Å²) in [4.78, 5) is 5.73. The maximum Gasteiger partial charge on any atom is 0.190 e. The number of hydrogen-bond donors (Lipinski definition) is 2. The maximum absolute atomic E-state index is 5.39. The van der Waals surface area contributed by atoms with E-state index in [1.165, 1.54) is 10.4 Å². The number of para-hydroxylation sites is 1. The van der Waals surface area contributed by atoms with Crippen LogP contribution in [0.25, 0.3) is 0 Å². The Kier molecular flexibility index (Phi) is 7.62. The molecule has 4 nitrogen and oxygen atoms in total. The molecule has 24 heavy (non-hydrogen) atoms. The van der Waals surface area contributed by atoms with Gasteiger partial charge in [-0.2, -0.15) is 0 Å². The zero-order chi connectivity index (χ0) is 17.2. The number of guanidine groups is 1. The van der Waals surface area contributed by atoms with Crippen LogP contribution in [0.3, 0.4) is 0 Å². The van der Waals surface area contributed by atoms with Crippen LogP contribution in [-0.4, -0.2) is 33.2 Å². The predicted octanol–water partition coefficient (Wildman–Crippen LogP) is 3.34. The minimum atomic E-state index is 0.566. The van der Waals surface area contributed by atoms with Crippen molar-refractivity contribution in [3.05, 3.63) is 52.2 Å². The lowest BCUT2D eigenvalue weighted by Gasteiger charge is -2.16. The normalized spacial score (nSPS) is 12.7. The largest absolute Gasteiger partial charge is 0.496 e. The second kappa shape index (κ2) is 9.98. The van der Waals surface area contributed by atoms with Gasteiger partial charge in [-0.15, -0.1) is 11.3 Å². The number of methoxy groups -OCH3 is 1. The van der Waals surface area contributed by atoms with Gasteiger partial charge in [-0.3, -0.25) is 4.99 Å². The Morgan fingerprint density at radius 2 is 2.04 bits per heavy atom. The van der Waals surface area contributed by atoms with Crippen LogP contribution in [-0.2, 0) is 12.8 Å². The lowest BCUT2D eigenvalue weighted by atomic mass is 10.1. The number of aliphatic imine (C=N–C) groups is 1. The van der Waals surface area contributed by atoms with Crippen molar-refractivity contribution in [3.63, 3.8) is 0 Å². The second-order valence-electron chi connectivity index (χ2n) is 5.83. The first-order valence-corrected chi connectivity index (χ1v) is 9.19. The van der Waals surface area contributed by atoms with Crippen LogP contribution in [0.1, 0.15) is 17.4 Å². The van der Waals surface area contributed by atoms with Gasteiger partial charge >= 0.3 is 0 Å². The summed E-state index contributed by atoms with van der Waals surface area (Å²) in [5.74, 6) is 2.35. The lowest BCUT2D eigenvalue weighted by molar-refractivity contribution is 0.409. The van der Waals surface area contributed by atoms with E-state index in [-0.39, 0.29) is 0 Å². The summed E-state index contributed by atoms with van der Waals surface area (Å²) in [6, 6.07) is 12.4. The van der Waals surface area contributed by atoms with Gasteiger partial charge in [-0.1, -0.05) is 31.2 Å². The number of hydrogen-bond acceptors (Lipinski definition) is 3. The number of benzene rings is 1. The van der Waals surface area contributed by atoms with Crippen molar-refractivity contribution in [1.29, 1.82) is 0 Å². The molecule has 2 N–H and O–H groups in total. The third-order valence-electron chi connectivity index (χ3n) is 3.85. The van der Waals surface area contributed by atoms with Gasteiger partial charge < -0.3 is 15.4 Å². The van der Waals surface area contributed by atoms with Gasteiger partial charge in [0.25, 0.3) is 0 Å². The minimum Gasteiger partial charge on any atom is -0.496 e. The first kappa shape index (κ1) is 18.3. The van der Waals surface area contributed by atoms with E-state index in [0.29, 0.717) is 5.92 Å². The van der Waals surface area contributed by atoms with Crippen molar-refractivity contribution in [2.24, 2.45) is 10.9 Å². The standard InChI is InChI=1S/C19H27N3OS/c1-15(13-17-8-6-12-24-17)14-22-19(20-2)21-11-10-16-7-4-5-9-18(16)23-3/h4-9,12,15H,10-11,13-14H2,1-3H3,(H2,20,21,22). The molecule has 1 aromatic carbocycles. The summed E-state index contributed by atoms with van der Waals surface area (Å²) < 4.78 is 5.39. The van der Waals surface area contributed by atoms with Crippen molar-refractivity contribution in [3.8, 4) is 5.75 Å². The smallest absolute Gasteiger partial charge is 0.190 e. The number of rotatable bonds is 8.